The standard InChI is InChI=1S/C19H21ClN2O3/c1-23-9-8-22-16-6-5-14(20)12-15(16)21-19(22)11-13-4-7-17(24-2)18(10-13)25-3/h4-7,10,12H,8-9,11H2,1-3H3. The van der Waals surface area contributed by atoms with Gasteiger partial charge in [0.1, 0.15) is 5.82 Å². The SMILES string of the molecule is COCCn1c(Cc2ccc(OC)c(OC)c2)nc2cc(Cl)ccc21. The van der Waals surface area contributed by atoms with Crippen LogP contribution in [0.3, 0.4) is 0 Å². The number of rotatable bonds is 7. The second kappa shape index (κ2) is 7.76. The third kappa shape index (κ3) is 3.72. The van der Waals surface area contributed by atoms with E-state index in [0.29, 0.717) is 29.5 Å². The molecule has 1 aromatic heterocycles. The quantitative estimate of drug-likeness (QED) is 0.640. The Morgan fingerprint density at radius 2 is 1.80 bits per heavy atom. The van der Waals surface area contributed by atoms with Crippen LogP contribution in [0.1, 0.15) is 11.4 Å². The van der Waals surface area contributed by atoms with Gasteiger partial charge in [-0.3, -0.25) is 0 Å². The molecule has 0 N–H and O–H groups in total. The molecule has 0 spiro atoms. The summed E-state index contributed by atoms with van der Waals surface area (Å²) in [6.45, 7) is 1.35. The Kier molecular flexibility index (Phi) is 5.46. The smallest absolute Gasteiger partial charge is 0.161 e. The highest BCUT2D eigenvalue weighted by Gasteiger charge is 2.13. The number of fused-ring (bicyclic) bond motifs is 1. The van der Waals surface area contributed by atoms with E-state index in [1.807, 2.05) is 36.4 Å². The lowest BCUT2D eigenvalue weighted by Gasteiger charge is -2.11. The number of ether oxygens (including phenoxy) is 3. The maximum Gasteiger partial charge on any atom is 0.161 e. The molecule has 0 amide bonds. The van der Waals surface area contributed by atoms with Gasteiger partial charge >= 0.3 is 0 Å². The van der Waals surface area contributed by atoms with Gasteiger partial charge in [-0.25, -0.2) is 4.98 Å². The normalized spacial score (nSPS) is 11.0. The lowest BCUT2D eigenvalue weighted by atomic mass is 10.1. The summed E-state index contributed by atoms with van der Waals surface area (Å²) in [6.07, 6.45) is 0.677. The first-order valence-corrected chi connectivity index (χ1v) is 8.38. The van der Waals surface area contributed by atoms with Crippen molar-refractivity contribution in [2.45, 2.75) is 13.0 Å². The van der Waals surface area contributed by atoms with Gasteiger partial charge < -0.3 is 18.8 Å². The minimum absolute atomic E-state index is 0.618. The van der Waals surface area contributed by atoms with Crippen molar-refractivity contribution in [3.8, 4) is 11.5 Å². The molecule has 6 heteroatoms. The van der Waals surface area contributed by atoms with Gasteiger partial charge in [-0.2, -0.15) is 0 Å². The summed E-state index contributed by atoms with van der Waals surface area (Å²) in [5.41, 5.74) is 3.04. The molecule has 0 aliphatic heterocycles. The summed E-state index contributed by atoms with van der Waals surface area (Å²) in [7, 11) is 4.97. The molecule has 0 bridgehead atoms. The maximum absolute atomic E-state index is 6.11. The average Bonchev–Trinajstić information content (AvgIpc) is 2.95. The first-order chi connectivity index (χ1) is 12.2. The number of benzene rings is 2. The second-order valence-electron chi connectivity index (χ2n) is 5.67. The molecule has 3 aromatic rings. The van der Waals surface area contributed by atoms with Crippen LogP contribution in [0.15, 0.2) is 36.4 Å². The van der Waals surface area contributed by atoms with Gasteiger partial charge in [0.2, 0.25) is 0 Å². The molecule has 132 valence electrons. The molecule has 0 saturated heterocycles. The molecule has 25 heavy (non-hydrogen) atoms. The summed E-state index contributed by atoms with van der Waals surface area (Å²) < 4.78 is 18.1. The van der Waals surface area contributed by atoms with Gasteiger partial charge in [0.05, 0.1) is 31.9 Å². The Bertz CT molecular complexity index is 876. The molecule has 2 aromatic carbocycles. The van der Waals surface area contributed by atoms with Gasteiger partial charge in [-0.05, 0) is 35.9 Å². The molecule has 0 aliphatic carbocycles. The van der Waals surface area contributed by atoms with Crippen molar-refractivity contribution < 1.29 is 14.2 Å². The van der Waals surface area contributed by atoms with Crippen molar-refractivity contribution in [3.63, 3.8) is 0 Å². The Labute approximate surface area is 152 Å². The van der Waals surface area contributed by atoms with E-state index in [-0.39, 0.29) is 0 Å². The number of aromatic nitrogens is 2. The fourth-order valence-corrected chi connectivity index (χ4v) is 3.06. The predicted molar refractivity (Wildman–Crippen MR) is 99.0 cm³/mol. The number of halogens is 1. The lowest BCUT2D eigenvalue weighted by molar-refractivity contribution is 0.187. The third-order valence-electron chi connectivity index (χ3n) is 4.12. The minimum Gasteiger partial charge on any atom is -0.493 e. The molecule has 0 atom stereocenters. The number of hydrogen-bond donors (Lipinski definition) is 0. The van der Waals surface area contributed by atoms with Crippen molar-refractivity contribution >= 4 is 22.6 Å². The molecule has 3 rings (SSSR count). The monoisotopic (exact) mass is 360 g/mol. The maximum atomic E-state index is 6.11. The summed E-state index contributed by atoms with van der Waals surface area (Å²) in [4.78, 5) is 4.77. The summed E-state index contributed by atoms with van der Waals surface area (Å²) in [6, 6.07) is 11.7. The lowest BCUT2D eigenvalue weighted by Crippen LogP contribution is -2.09. The van der Waals surface area contributed by atoms with Crippen LogP contribution >= 0.6 is 11.6 Å². The third-order valence-corrected chi connectivity index (χ3v) is 4.35. The fraction of sp³-hybridized carbons (Fsp3) is 0.316. The van der Waals surface area contributed by atoms with Gasteiger partial charge in [0, 0.05) is 25.1 Å². The van der Waals surface area contributed by atoms with Crippen LogP contribution < -0.4 is 9.47 Å². The Hall–Kier alpha value is -2.24. The predicted octanol–water partition coefficient (Wildman–Crippen LogP) is 3.94. The molecule has 0 aliphatic rings. The van der Waals surface area contributed by atoms with Crippen LogP contribution in [0, 0.1) is 0 Å². The van der Waals surface area contributed by atoms with E-state index in [1.165, 1.54) is 0 Å². The molecular weight excluding hydrogens is 340 g/mol. The van der Waals surface area contributed by atoms with E-state index in [9.17, 15) is 0 Å². The van der Waals surface area contributed by atoms with Gasteiger partial charge in [0.25, 0.3) is 0 Å². The van der Waals surface area contributed by atoms with E-state index in [2.05, 4.69) is 4.57 Å². The number of methoxy groups -OCH3 is 3. The van der Waals surface area contributed by atoms with E-state index >= 15 is 0 Å². The van der Waals surface area contributed by atoms with Crippen molar-refractivity contribution in [1.82, 2.24) is 9.55 Å². The van der Waals surface area contributed by atoms with Crippen LogP contribution in [0.4, 0.5) is 0 Å². The Morgan fingerprint density at radius 1 is 1.00 bits per heavy atom. The van der Waals surface area contributed by atoms with Crippen LogP contribution in [0.2, 0.25) is 5.02 Å². The topological polar surface area (TPSA) is 45.5 Å². The largest absolute Gasteiger partial charge is 0.493 e. The average molecular weight is 361 g/mol. The van der Waals surface area contributed by atoms with Crippen molar-refractivity contribution in [2.75, 3.05) is 27.9 Å². The van der Waals surface area contributed by atoms with E-state index in [1.54, 1.807) is 21.3 Å². The molecular formula is C19H21ClN2O3. The summed E-state index contributed by atoms with van der Waals surface area (Å²) >= 11 is 6.11. The minimum atomic E-state index is 0.618. The van der Waals surface area contributed by atoms with Crippen molar-refractivity contribution in [3.05, 3.63) is 52.8 Å². The number of hydrogen-bond acceptors (Lipinski definition) is 4. The summed E-state index contributed by atoms with van der Waals surface area (Å²) in [5, 5.41) is 0.682. The van der Waals surface area contributed by atoms with Crippen molar-refractivity contribution in [2.24, 2.45) is 0 Å². The zero-order valence-corrected chi connectivity index (χ0v) is 15.3. The van der Waals surface area contributed by atoms with E-state index in [0.717, 1.165) is 29.0 Å². The van der Waals surface area contributed by atoms with Gasteiger partial charge in [0.15, 0.2) is 11.5 Å². The highest BCUT2D eigenvalue weighted by molar-refractivity contribution is 6.31. The van der Waals surface area contributed by atoms with E-state index in [4.69, 9.17) is 30.8 Å². The first kappa shape index (κ1) is 17.6. The zero-order chi connectivity index (χ0) is 17.8. The highest BCUT2D eigenvalue weighted by atomic mass is 35.5. The summed E-state index contributed by atoms with van der Waals surface area (Å²) in [5.74, 6) is 2.38. The van der Waals surface area contributed by atoms with Crippen LogP contribution in [0.25, 0.3) is 11.0 Å². The van der Waals surface area contributed by atoms with Gasteiger partial charge in [-0.15, -0.1) is 0 Å². The Balaban J connectivity index is 1.99. The molecule has 0 saturated carbocycles. The molecule has 0 radical (unpaired) electrons. The van der Waals surface area contributed by atoms with Crippen LogP contribution in [-0.4, -0.2) is 37.5 Å². The fourth-order valence-electron chi connectivity index (χ4n) is 2.89. The molecule has 0 unspecified atom stereocenters. The second-order valence-corrected chi connectivity index (χ2v) is 6.11. The van der Waals surface area contributed by atoms with E-state index < -0.39 is 0 Å². The molecule has 1 heterocycles. The van der Waals surface area contributed by atoms with Crippen molar-refractivity contribution in [1.29, 1.82) is 0 Å². The van der Waals surface area contributed by atoms with Crippen LogP contribution in [-0.2, 0) is 17.7 Å². The number of imidazole rings is 1. The highest BCUT2D eigenvalue weighted by Crippen LogP contribution is 2.29. The first-order valence-electron chi connectivity index (χ1n) is 8.00. The molecule has 5 nitrogen and oxygen atoms in total. The molecule has 0 fully saturated rings. The number of nitrogens with zero attached hydrogens (tertiary/aromatic N) is 2. The Morgan fingerprint density at radius 3 is 2.52 bits per heavy atom. The van der Waals surface area contributed by atoms with Gasteiger partial charge in [-0.1, -0.05) is 17.7 Å². The zero-order valence-electron chi connectivity index (χ0n) is 14.6. The van der Waals surface area contributed by atoms with Crippen LogP contribution in [0.5, 0.6) is 11.5 Å².